The summed E-state index contributed by atoms with van der Waals surface area (Å²) in [4.78, 5) is 16.9. The molecule has 2 heterocycles. The Morgan fingerprint density at radius 2 is 0.902 bits per heavy atom. The molecular formula is C45H54N4O2. The predicted molar refractivity (Wildman–Crippen MR) is 206 cm³/mol. The summed E-state index contributed by atoms with van der Waals surface area (Å²) in [6.45, 7) is 9.93. The Kier molecular flexibility index (Phi) is 14.9. The Balaban J connectivity index is 0.000000198. The van der Waals surface area contributed by atoms with Crippen molar-refractivity contribution in [2.24, 2.45) is 11.8 Å². The SMILES string of the molecule is CCCOc1cnc(C#Cc2ccc(C3CCC(CC)CC3)cc2)nc1.CCOc1cnc(C#Cc2ccc(C3CCC(CC)CC3)cc2)nc1. The maximum atomic E-state index is 5.48. The van der Waals surface area contributed by atoms with Gasteiger partial charge in [0, 0.05) is 11.1 Å². The lowest BCUT2D eigenvalue weighted by atomic mass is 9.78. The van der Waals surface area contributed by atoms with E-state index in [0.717, 1.165) is 41.2 Å². The molecule has 4 aromatic rings. The molecule has 2 aliphatic rings. The van der Waals surface area contributed by atoms with E-state index in [-0.39, 0.29) is 0 Å². The van der Waals surface area contributed by atoms with Crippen LogP contribution in [0.5, 0.6) is 11.5 Å². The highest BCUT2D eigenvalue weighted by Crippen LogP contribution is 2.38. The molecule has 51 heavy (non-hydrogen) atoms. The minimum absolute atomic E-state index is 0.519. The summed E-state index contributed by atoms with van der Waals surface area (Å²) in [7, 11) is 0. The molecule has 0 unspecified atom stereocenters. The van der Waals surface area contributed by atoms with E-state index in [4.69, 9.17) is 9.47 Å². The van der Waals surface area contributed by atoms with Crippen LogP contribution in [0, 0.1) is 35.5 Å². The summed E-state index contributed by atoms with van der Waals surface area (Å²) in [6, 6.07) is 17.4. The van der Waals surface area contributed by atoms with E-state index in [9.17, 15) is 0 Å². The Morgan fingerprint density at radius 3 is 1.25 bits per heavy atom. The number of hydrogen-bond donors (Lipinski definition) is 0. The van der Waals surface area contributed by atoms with Gasteiger partial charge in [-0.15, -0.1) is 0 Å². The van der Waals surface area contributed by atoms with Crippen LogP contribution in [0.25, 0.3) is 0 Å². The van der Waals surface area contributed by atoms with Crippen molar-refractivity contribution in [3.63, 3.8) is 0 Å². The van der Waals surface area contributed by atoms with Gasteiger partial charge in [-0.1, -0.05) is 69.7 Å². The number of benzene rings is 2. The molecule has 0 N–H and O–H groups in total. The highest BCUT2D eigenvalue weighted by molar-refractivity contribution is 5.41. The lowest BCUT2D eigenvalue weighted by Gasteiger charge is -2.28. The minimum atomic E-state index is 0.519. The average molecular weight is 683 g/mol. The van der Waals surface area contributed by atoms with Crippen LogP contribution in [0.15, 0.2) is 73.3 Å². The van der Waals surface area contributed by atoms with Gasteiger partial charge in [-0.2, -0.15) is 0 Å². The van der Waals surface area contributed by atoms with E-state index in [2.05, 4.69) is 113 Å². The van der Waals surface area contributed by atoms with Gasteiger partial charge in [0.1, 0.15) is 0 Å². The Bertz CT molecular complexity index is 1710. The van der Waals surface area contributed by atoms with Gasteiger partial charge < -0.3 is 9.47 Å². The van der Waals surface area contributed by atoms with E-state index in [1.165, 1.54) is 75.3 Å². The third-order valence-corrected chi connectivity index (χ3v) is 10.3. The van der Waals surface area contributed by atoms with E-state index >= 15 is 0 Å². The smallest absolute Gasteiger partial charge is 0.205 e. The molecule has 6 heteroatoms. The Hall–Kier alpha value is -4.68. The van der Waals surface area contributed by atoms with Crippen LogP contribution < -0.4 is 9.47 Å². The summed E-state index contributed by atoms with van der Waals surface area (Å²) in [6.07, 6.45) is 21.1. The molecule has 0 atom stereocenters. The van der Waals surface area contributed by atoms with Crippen molar-refractivity contribution in [3.05, 3.63) is 107 Å². The fourth-order valence-corrected chi connectivity index (χ4v) is 7.04. The predicted octanol–water partition coefficient (Wildman–Crippen LogP) is 10.3. The summed E-state index contributed by atoms with van der Waals surface area (Å²) in [5.74, 6) is 18.1. The maximum absolute atomic E-state index is 5.48. The van der Waals surface area contributed by atoms with Crippen LogP contribution in [-0.2, 0) is 0 Å². The van der Waals surface area contributed by atoms with Crippen molar-refractivity contribution >= 4 is 0 Å². The average Bonchev–Trinajstić information content (AvgIpc) is 3.20. The second-order valence-electron chi connectivity index (χ2n) is 13.8. The summed E-state index contributed by atoms with van der Waals surface area (Å²) in [5, 5.41) is 0. The molecule has 2 aliphatic carbocycles. The van der Waals surface area contributed by atoms with Gasteiger partial charge in [0.05, 0.1) is 38.0 Å². The number of nitrogens with zero attached hydrogens (tertiary/aromatic N) is 4. The summed E-state index contributed by atoms with van der Waals surface area (Å²) < 4.78 is 10.8. The second kappa shape index (κ2) is 20.2. The van der Waals surface area contributed by atoms with E-state index < -0.39 is 0 Å². The Labute approximate surface area is 306 Å². The van der Waals surface area contributed by atoms with Crippen LogP contribution in [-0.4, -0.2) is 33.1 Å². The van der Waals surface area contributed by atoms with Crippen molar-refractivity contribution in [1.82, 2.24) is 19.9 Å². The molecule has 2 aromatic carbocycles. The van der Waals surface area contributed by atoms with Crippen LogP contribution in [0.3, 0.4) is 0 Å². The molecule has 0 radical (unpaired) electrons. The molecule has 2 aromatic heterocycles. The Morgan fingerprint density at radius 1 is 0.510 bits per heavy atom. The zero-order valence-corrected chi connectivity index (χ0v) is 31.0. The topological polar surface area (TPSA) is 70.0 Å². The molecule has 6 rings (SSSR count). The van der Waals surface area contributed by atoms with Crippen molar-refractivity contribution in [1.29, 1.82) is 0 Å². The molecular weight excluding hydrogens is 629 g/mol. The van der Waals surface area contributed by atoms with Crippen LogP contribution in [0.2, 0.25) is 0 Å². The second-order valence-corrected chi connectivity index (χ2v) is 13.8. The molecule has 266 valence electrons. The van der Waals surface area contributed by atoms with Gasteiger partial charge in [0.15, 0.2) is 11.5 Å². The molecule has 0 aliphatic heterocycles. The molecule has 0 bridgehead atoms. The van der Waals surface area contributed by atoms with Crippen LogP contribution >= 0.6 is 0 Å². The molecule has 2 fully saturated rings. The number of hydrogen-bond acceptors (Lipinski definition) is 6. The fraction of sp³-hybridized carbons (Fsp3) is 0.467. The molecule has 2 saturated carbocycles. The number of ether oxygens (including phenoxy) is 2. The maximum Gasteiger partial charge on any atom is 0.205 e. The highest BCUT2D eigenvalue weighted by Gasteiger charge is 2.22. The third kappa shape index (κ3) is 12.0. The zero-order valence-electron chi connectivity index (χ0n) is 31.0. The third-order valence-electron chi connectivity index (χ3n) is 10.3. The lowest BCUT2D eigenvalue weighted by Crippen LogP contribution is -2.12. The van der Waals surface area contributed by atoms with Gasteiger partial charge in [-0.25, -0.2) is 19.9 Å². The monoisotopic (exact) mass is 682 g/mol. The van der Waals surface area contributed by atoms with Crippen molar-refractivity contribution in [3.8, 4) is 35.2 Å². The molecule has 6 nitrogen and oxygen atoms in total. The molecule has 0 amide bonds. The van der Waals surface area contributed by atoms with Crippen molar-refractivity contribution in [2.75, 3.05) is 13.2 Å². The summed E-state index contributed by atoms with van der Waals surface area (Å²) >= 11 is 0. The standard InChI is InChI=1S/C23H28N2O.C22H26N2O/c1-3-15-26-22-16-24-23(25-17-22)14-9-19-7-12-21(13-8-19)20-10-5-18(4-2)6-11-20;1-3-17-5-10-19(11-6-17)20-12-7-18(8-13-20)9-14-22-23-15-21(16-24-22)25-4-2/h7-8,12-13,16-18,20H,3-6,10-11,15H2,1-2H3;7-8,12-13,15-17,19H,3-6,10-11H2,1-2H3. The highest BCUT2D eigenvalue weighted by atomic mass is 16.5. The van der Waals surface area contributed by atoms with Crippen LogP contribution in [0.4, 0.5) is 0 Å². The first kappa shape index (κ1) is 37.6. The van der Waals surface area contributed by atoms with Crippen LogP contribution in [0.1, 0.15) is 144 Å². The van der Waals surface area contributed by atoms with Gasteiger partial charge >= 0.3 is 0 Å². The van der Waals surface area contributed by atoms with Gasteiger partial charge in [0.2, 0.25) is 11.6 Å². The van der Waals surface area contributed by atoms with E-state index in [1.807, 2.05) is 6.92 Å². The molecule has 0 saturated heterocycles. The molecule has 0 spiro atoms. The summed E-state index contributed by atoms with van der Waals surface area (Å²) in [5.41, 5.74) is 4.92. The van der Waals surface area contributed by atoms with Gasteiger partial charge in [-0.05, 0) is 136 Å². The van der Waals surface area contributed by atoms with Gasteiger partial charge in [-0.3, -0.25) is 0 Å². The quantitative estimate of drug-likeness (QED) is 0.164. The first-order chi connectivity index (χ1) is 25.1. The minimum Gasteiger partial charge on any atom is -0.491 e. The fourth-order valence-electron chi connectivity index (χ4n) is 7.04. The number of rotatable bonds is 9. The largest absolute Gasteiger partial charge is 0.491 e. The van der Waals surface area contributed by atoms with Crippen molar-refractivity contribution in [2.45, 2.75) is 110 Å². The lowest BCUT2D eigenvalue weighted by molar-refractivity contribution is 0.314. The normalized spacial score (nSPS) is 19.6. The van der Waals surface area contributed by atoms with Gasteiger partial charge in [0.25, 0.3) is 0 Å². The van der Waals surface area contributed by atoms with E-state index in [1.54, 1.807) is 24.8 Å². The van der Waals surface area contributed by atoms with Crippen molar-refractivity contribution < 1.29 is 9.47 Å². The number of aromatic nitrogens is 4. The zero-order chi connectivity index (χ0) is 35.7. The first-order valence-electron chi connectivity index (χ1n) is 19.2. The van der Waals surface area contributed by atoms with E-state index in [0.29, 0.717) is 36.4 Å². The first-order valence-corrected chi connectivity index (χ1v) is 19.2.